The molecule has 2 aliphatic heterocycles. The van der Waals surface area contributed by atoms with Crippen LogP contribution in [0, 0.1) is 17.8 Å². The third-order valence-corrected chi connectivity index (χ3v) is 7.53. The Bertz CT molecular complexity index is 853. The van der Waals surface area contributed by atoms with E-state index in [4.69, 9.17) is 4.84 Å². The van der Waals surface area contributed by atoms with Gasteiger partial charge < -0.3 is 0 Å². The summed E-state index contributed by atoms with van der Waals surface area (Å²) in [6.45, 7) is 0. The molecule has 4 nitrogen and oxygen atoms in total. The summed E-state index contributed by atoms with van der Waals surface area (Å²) in [6, 6.07) is 20.5. The van der Waals surface area contributed by atoms with Gasteiger partial charge in [0.1, 0.15) is 0 Å². The minimum absolute atomic E-state index is 0.0117. The Morgan fingerprint density at radius 3 is 2.21 bits per heavy atom. The van der Waals surface area contributed by atoms with Gasteiger partial charge in [0, 0.05) is 11.8 Å². The first-order chi connectivity index (χ1) is 11.6. The molecule has 2 aromatic carbocycles. The smallest absolute Gasteiger partial charge is 0.151 e. The maximum atomic E-state index is 12.0. The molecular formula is C19H19NO3S. The molecule has 5 rings (SSSR count). The molecule has 5 heteroatoms. The van der Waals surface area contributed by atoms with Crippen LogP contribution in [-0.4, -0.2) is 26.0 Å². The van der Waals surface area contributed by atoms with Gasteiger partial charge in [-0.3, -0.25) is 4.84 Å². The number of hydroxylamine groups is 1. The van der Waals surface area contributed by atoms with E-state index in [0.29, 0.717) is 5.75 Å². The minimum Gasteiger partial charge on any atom is -0.269 e. The second-order valence-corrected chi connectivity index (χ2v) is 9.22. The molecule has 2 heterocycles. The molecule has 124 valence electrons. The summed E-state index contributed by atoms with van der Waals surface area (Å²) in [5, 5.41) is 2.01. The highest BCUT2D eigenvalue weighted by Gasteiger charge is 2.65. The summed E-state index contributed by atoms with van der Waals surface area (Å²) in [6.07, 6.45) is 0.0117. The van der Waals surface area contributed by atoms with Crippen molar-refractivity contribution in [3.8, 4) is 0 Å². The Morgan fingerprint density at radius 1 is 0.875 bits per heavy atom. The van der Waals surface area contributed by atoms with Crippen molar-refractivity contribution < 1.29 is 13.3 Å². The summed E-state index contributed by atoms with van der Waals surface area (Å²) in [5.74, 6) is 1.21. The van der Waals surface area contributed by atoms with E-state index >= 15 is 0 Å². The van der Waals surface area contributed by atoms with Gasteiger partial charge in [0.05, 0.1) is 29.3 Å². The van der Waals surface area contributed by atoms with E-state index in [1.165, 1.54) is 5.56 Å². The maximum absolute atomic E-state index is 12.0. The summed E-state index contributed by atoms with van der Waals surface area (Å²) in [4.78, 5) is 6.29. The van der Waals surface area contributed by atoms with Crippen LogP contribution in [0.25, 0.3) is 0 Å². The number of hydrogen-bond donors (Lipinski definition) is 0. The number of sulfone groups is 1. The number of nitrogens with zero attached hydrogens (tertiary/aromatic N) is 1. The van der Waals surface area contributed by atoms with Crippen molar-refractivity contribution in [3.63, 3.8) is 0 Å². The van der Waals surface area contributed by atoms with Crippen molar-refractivity contribution in [3.05, 3.63) is 66.2 Å². The monoisotopic (exact) mass is 341 g/mol. The van der Waals surface area contributed by atoms with Crippen LogP contribution in [0.15, 0.2) is 60.7 Å². The number of hydrogen-bond acceptors (Lipinski definition) is 4. The van der Waals surface area contributed by atoms with Gasteiger partial charge >= 0.3 is 0 Å². The third kappa shape index (κ3) is 2.04. The first kappa shape index (κ1) is 14.5. The topological polar surface area (TPSA) is 46.6 Å². The van der Waals surface area contributed by atoms with Crippen LogP contribution in [0.2, 0.25) is 0 Å². The average molecular weight is 341 g/mol. The first-order valence-electron chi connectivity index (χ1n) is 8.40. The quantitative estimate of drug-likeness (QED) is 0.843. The van der Waals surface area contributed by atoms with Gasteiger partial charge in [-0.2, -0.15) is 0 Å². The van der Waals surface area contributed by atoms with E-state index in [1.54, 1.807) is 0 Å². The lowest BCUT2D eigenvalue weighted by atomic mass is 9.61. The lowest BCUT2D eigenvalue weighted by molar-refractivity contribution is -0.0611. The summed E-state index contributed by atoms with van der Waals surface area (Å²) >= 11 is 0. The number of anilines is 1. The molecule has 0 N–H and O–H groups in total. The van der Waals surface area contributed by atoms with Gasteiger partial charge in [0.2, 0.25) is 0 Å². The molecule has 0 spiro atoms. The zero-order valence-corrected chi connectivity index (χ0v) is 14.0. The summed E-state index contributed by atoms with van der Waals surface area (Å²) in [7, 11) is -2.91. The molecule has 0 amide bonds. The first-order valence-corrected chi connectivity index (χ1v) is 10.2. The van der Waals surface area contributed by atoms with Crippen LogP contribution in [0.4, 0.5) is 5.69 Å². The lowest BCUT2D eigenvalue weighted by Crippen LogP contribution is -2.49. The van der Waals surface area contributed by atoms with Gasteiger partial charge in [-0.05, 0) is 23.6 Å². The number of benzene rings is 2. The Hall–Kier alpha value is -1.85. The Morgan fingerprint density at radius 2 is 1.50 bits per heavy atom. The van der Waals surface area contributed by atoms with E-state index in [9.17, 15) is 8.42 Å². The fraction of sp³-hybridized carbons (Fsp3) is 0.368. The second kappa shape index (κ2) is 5.07. The minimum atomic E-state index is -2.91. The van der Waals surface area contributed by atoms with Crippen molar-refractivity contribution in [2.24, 2.45) is 17.8 Å². The molecule has 24 heavy (non-hydrogen) atoms. The SMILES string of the molecule is O=S1(=O)CC2C(C1)C1C2ON(c2ccccc2)C1c1ccccc1. The molecule has 0 radical (unpaired) electrons. The Balaban J connectivity index is 1.56. The molecular weight excluding hydrogens is 322 g/mol. The van der Waals surface area contributed by atoms with Crippen LogP contribution < -0.4 is 5.06 Å². The molecule has 0 aromatic heterocycles. The van der Waals surface area contributed by atoms with Crippen LogP contribution in [0.5, 0.6) is 0 Å². The normalized spacial score (nSPS) is 36.0. The highest BCUT2D eigenvalue weighted by Crippen LogP contribution is 2.60. The zero-order chi connectivity index (χ0) is 16.3. The largest absolute Gasteiger partial charge is 0.269 e. The molecule has 5 atom stereocenters. The van der Waals surface area contributed by atoms with E-state index in [0.717, 1.165) is 5.69 Å². The Kier molecular flexibility index (Phi) is 3.06. The highest BCUT2D eigenvalue weighted by atomic mass is 32.2. The standard InChI is InChI=1S/C19H19NO3S/c21-24(22)11-15-16(12-24)19-17(15)18(13-7-3-1-4-8-13)20(23-19)14-9-5-2-6-10-14/h1-10,15-19H,11-12H2. The maximum Gasteiger partial charge on any atom is 0.151 e. The number of rotatable bonds is 2. The van der Waals surface area contributed by atoms with Gasteiger partial charge in [-0.25, -0.2) is 13.5 Å². The van der Waals surface area contributed by atoms with Crippen molar-refractivity contribution in [1.82, 2.24) is 0 Å². The number of para-hydroxylation sites is 1. The van der Waals surface area contributed by atoms with E-state index < -0.39 is 9.84 Å². The number of fused-ring (bicyclic) bond motifs is 4. The van der Waals surface area contributed by atoms with Gasteiger partial charge in [-0.1, -0.05) is 48.5 Å². The van der Waals surface area contributed by atoms with Crippen LogP contribution in [0.3, 0.4) is 0 Å². The predicted molar refractivity (Wildman–Crippen MR) is 92.1 cm³/mol. The van der Waals surface area contributed by atoms with E-state index in [2.05, 4.69) is 12.1 Å². The molecule has 3 fully saturated rings. The fourth-order valence-electron chi connectivity index (χ4n) is 4.74. The summed E-state index contributed by atoms with van der Waals surface area (Å²) < 4.78 is 24.1. The summed E-state index contributed by atoms with van der Waals surface area (Å²) in [5.41, 5.74) is 2.22. The van der Waals surface area contributed by atoms with Gasteiger partial charge in [0.25, 0.3) is 0 Å². The van der Waals surface area contributed by atoms with Crippen LogP contribution in [-0.2, 0) is 14.7 Å². The molecule has 2 aromatic rings. The van der Waals surface area contributed by atoms with E-state index in [-0.39, 0.29) is 35.7 Å². The molecule has 0 bridgehead atoms. The third-order valence-electron chi connectivity index (χ3n) is 5.74. The Labute approximate surface area is 141 Å². The van der Waals surface area contributed by atoms with Gasteiger partial charge in [0.15, 0.2) is 9.84 Å². The molecule has 5 unspecified atom stereocenters. The van der Waals surface area contributed by atoms with Crippen molar-refractivity contribution >= 4 is 15.5 Å². The van der Waals surface area contributed by atoms with Crippen molar-refractivity contribution in [2.45, 2.75) is 12.1 Å². The van der Waals surface area contributed by atoms with Crippen LogP contribution in [0.1, 0.15) is 11.6 Å². The predicted octanol–water partition coefficient (Wildman–Crippen LogP) is 2.84. The lowest BCUT2D eigenvalue weighted by Gasteiger charge is -2.42. The van der Waals surface area contributed by atoms with Gasteiger partial charge in [-0.15, -0.1) is 0 Å². The van der Waals surface area contributed by atoms with Crippen LogP contribution >= 0.6 is 0 Å². The van der Waals surface area contributed by atoms with E-state index in [1.807, 2.05) is 53.6 Å². The molecule has 2 saturated heterocycles. The average Bonchev–Trinajstić information content (AvgIpc) is 3.09. The fourth-order valence-corrected chi connectivity index (χ4v) is 6.96. The highest BCUT2D eigenvalue weighted by molar-refractivity contribution is 7.91. The van der Waals surface area contributed by atoms with Crippen molar-refractivity contribution in [2.75, 3.05) is 16.6 Å². The molecule has 3 aliphatic rings. The van der Waals surface area contributed by atoms with Crippen molar-refractivity contribution in [1.29, 1.82) is 0 Å². The zero-order valence-electron chi connectivity index (χ0n) is 13.2. The second-order valence-electron chi connectivity index (χ2n) is 7.07. The molecule has 1 saturated carbocycles. The molecule has 1 aliphatic carbocycles.